The first-order chi connectivity index (χ1) is 8.22. The molecule has 1 unspecified atom stereocenters. The number of hydrogen-bond acceptors (Lipinski definition) is 0. The van der Waals surface area contributed by atoms with Crippen LogP contribution >= 0.6 is 0 Å². The van der Waals surface area contributed by atoms with Crippen molar-refractivity contribution in [3.05, 3.63) is 6.92 Å². The molecule has 0 saturated heterocycles. The molecule has 0 bridgehead atoms. The van der Waals surface area contributed by atoms with Crippen LogP contribution in [0.1, 0.15) is 91.4 Å². The van der Waals surface area contributed by atoms with Crippen LogP contribution in [0.15, 0.2) is 0 Å². The number of unbranched alkanes of at least 4 members (excludes halogenated alkanes) is 7. The van der Waals surface area contributed by atoms with E-state index in [2.05, 4.69) is 27.7 Å². The first-order valence-electron chi connectivity index (χ1n) is 8.01. The van der Waals surface area contributed by atoms with Gasteiger partial charge in [0, 0.05) is 0 Å². The van der Waals surface area contributed by atoms with Crippen LogP contribution in [0.2, 0.25) is 0 Å². The van der Waals surface area contributed by atoms with Crippen LogP contribution in [-0.2, 0) is 0 Å². The predicted molar refractivity (Wildman–Crippen MR) is 80.1 cm³/mol. The summed E-state index contributed by atoms with van der Waals surface area (Å²) in [6.45, 7) is 11.0. The summed E-state index contributed by atoms with van der Waals surface area (Å²) in [5.74, 6) is 1.77. The summed E-state index contributed by atoms with van der Waals surface area (Å²) in [4.78, 5) is 0. The van der Waals surface area contributed by atoms with Crippen molar-refractivity contribution < 1.29 is 0 Å². The Kier molecular flexibility index (Phi) is 12.5. The minimum absolute atomic E-state index is 0.848. The molecule has 0 amide bonds. The van der Waals surface area contributed by atoms with Gasteiger partial charge < -0.3 is 0 Å². The molecular formula is C17H35. The lowest BCUT2D eigenvalue weighted by Gasteiger charge is -2.19. The molecule has 17 heavy (non-hydrogen) atoms. The Hall–Kier alpha value is 0. The maximum Gasteiger partial charge on any atom is -0.0391 e. The van der Waals surface area contributed by atoms with Crippen molar-refractivity contribution in [1.29, 1.82) is 0 Å². The highest BCUT2D eigenvalue weighted by Gasteiger charge is 2.11. The second-order valence-corrected chi connectivity index (χ2v) is 5.91. The van der Waals surface area contributed by atoms with E-state index in [1.165, 1.54) is 64.2 Å². The molecule has 0 saturated carbocycles. The second-order valence-electron chi connectivity index (χ2n) is 5.91. The molecular weight excluding hydrogens is 204 g/mol. The Labute approximate surface area is 111 Å². The van der Waals surface area contributed by atoms with Gasteiger partial charge in [0.2, 0.25) is 0 Å². The van der Waals surface area contributed by atoms with Gasteiger partial charge in [0.15, 0.2) is 0 Å². The average molecular weight is 239 g/mol. The zero-order chi connectivity index (χ0) is 12.9. The first-order valence-corrected chi connectivity index (χ1v) is 8.01. The van der Waals surface area contributed by atoms with E-state index >= 15 is 0 Å². The molecule has 0 rings (SSSR count). The zero-order valence-electron chi connectivity index (χ0n) is 12.6. The van der Waals surface area contributed by atoms with Gasteiger partial charge in [0.05, 0.1) is 0 Å². The SMILES string of the molecule is [CH2]CCC(CCCCCCCCCC)C(C)C. The number of rotatable bonds is 12. The fourth-order valence-electron chi connectivity index (χ4n) is 2.61. The average Bonchev–Trinajstić information content (AvgIpc) is 2.31. The second kappa shape index (κ2) is 12.5. The molecule has 0 aliphatic carbocycles. The van der Waals surface area contributed by atoms with Gasteiger partial charge in [0.25, 0.3) is 0 Å². The van der Waals surface area contributed by atoms with Gasteiger partial charge in [-0.2, -0.15) is 0 Å². The van der Waals surface area contributed by atoms with Gasteiger partial charge in [-0.1, -0.05) is 98.3 Å². The molecule has 1 atom stereocenters. The Morgan fingerprint density at radius 2 is 1.29 bits per heavy atom. The molecule has 0 nitrogen and oxygen atoms in total. The minimum Gasteiger partial charge on any atom is -0.0654 e. The highest BCUT2D eigenvalue weighted by Crippen LogP contribution is 2.23. The van der Waals surface area contributed by atoms with Crippen LogP contribution in [0.5, 0.6) is 0 Å². The lowest BCUT2D eigenvalue weighted by Crippen LogP contribution is -2.08. The molecule has 0 spiro atoms. The summed E-state index contributed by atoms with van der Waals surface area (Å²) in [7, 11) is 0. The molecule has 103 valence electrons. The quantitative estimate of drug-likeness (QED) is 0.345. The predicted octanol–water partition coefficient (Wildman–Crippen LogP) is 6.40. The van der Waals surface area contributed by atoms with E-state index in [-0.39, 0.29) is 0 Å². The van der Waals surface area contributed by atoms with E-state index in [0.717, 1.165) is 18.3 Å². The van der Waals surface area contributed by atoms with Crippen LogP contribution in [0.25, 0.3) is 0 Å². The van der Waals surface area contributed by atoms with Crippen molar-refractivity contribution >= 4 is 0 Å². The molecule has 0 fully saturated rings. The van der Waals surface area contributed by atoms with E-state index in [4.69, 9.17) is 0 Å². The summed E-state index contributed by atoms with van der Waals surface area (Å²) in [6.07, 6.45) is 15.4. The largest absolute Gasteiger partial charge is 0.0654 e. The molecule has 1 radical (unpaired) electrons. The van der Waals surface area contributed by atoms with Crippen molar-refractivity contribution in [2.45, 2.75) is 91.4 Å². The summed E-state index contributed by atoms with van der Waals surface area (Å²) < 4.78 is 0. The summed E-state index contributed by atoms with van der Waals surface area (Å²) >= 11 is 0. The Morgan fingerprint density at radius 3 is 1.76 bits per heavy atom. The summed E-state index contributed by atoms with van der Waals surface area (Å²) in [6, 6.07) is 0. The molecule has 0 aromatic carbocycles. The normalized spacial score (nSPS) is 13.2. The summed E-state index contributed by atoms with van der Waals surface area (Å²) in [5.41, 5.74) is 0. The van der Waals surface area contributed by atoms with Crippen molar-refractivity contribution in [2.24, 2.45) is 11.8 Å². The molecule has 0 heteroatoms. The van der Waals surface area contributed by atoms with Crippen molar-refractivity contribution in [1.82, 2.24) is 0 Å². The van der Waals surface area contributed by atoms with Crippen LogP contribution < -0.4 is 0 Å². The summed E-state index contributed by atoms with van der Waals surface area (Å²) in [5, 5.41) is 0. The Bertz CT molecular complexity index is 137. The van der Waals surface area contributed by atoms with E-state index in [1.54, 1.807) is 0 Å². The van der Waals surface area contributed by atoms with Crippen LogP contribution in [0.4, 0.5) is 0 Å². The van der Waals surface area contributed by atoms with Crippen molar-refractivity contribution in [2.75, 3.05) is 0 Å². The van der Waals surface area contributed by atoms with Gasteiger partial charge in [-0.25, -0.2) is 0 Å². The van der Waals surface area contributed by atoms with Gasteiger partial charge in [-0.3, -0.25) is 0 Å². The Morgan fingerprint density at radius 1 is 0.765 bits per heavy atom. The van der Waals surface area contributed by atoms with Crippen LogP contribution in [-0.4, -0.2) is 0 Å². The fraction of sp³-hybridized carbons (Fsp3) is 0.941. The van der Waals surface area contributed by atoms with Gasteiger partial charge in [0.1, 0.15) is 0 Å². The third-order valence-corrected chi connectivity index (χ3v) is 3.95. The molecule has 0 aromatic rings. The number of hydrogen-bond donors (Lipinski definition) is 0. The molecule has 0 aliphatic rings. The molecule has 0 aromatic heterocycles. The highest BCUT2D eigenvalue weighted by atomic mass is 14.2. The van der Waals surface area contributed by atoms with E-state index in [9.17, 15) is 0 Å². The van der Waals surface area contributed by atoms with Gasteiger partial charge >= 0.3 is 0 Å². The van der Waals surface area contributed by atoms with Crippen molar-refractivity contribution in [3.63, 3.8) is 0 Å². The first kappa shape index (κ1) is 17.0. The minimum atomic E-state index is 0.848. The Balaban J connectivity index is 3.30. The monoisotopic (exact) mass is 239 g/mol. The smallest absolute Gasteiger partial charge is 0.0391 e. The fourth-order valence-corrected chi connectivity index (χ4v) is 2.61. The third-order valence-electron chi connectivity index (χ3n) is 3.95. The standard InChI is InChI=1S/C17H35/c1-5-7-8-9-10-11-12-13-15-17(14-6-2)16(3)4/h16-17H,2,5-15H2,1,3-4H3. The van der Waals surface area contributed by atoms with E-state index < -0.39 is 0 Å². The molecule has 0 N–H and O–H groups in total. The molecule has 0 heterocycles. The van der Waals surface area contributed by atoms with Gasteiger partial charge in [-0.15, -0.1) is 0 Å². The van der Waals surface area contributed by atoms with E-state index in [0.29, 0.717) is 0 Å². The zero-order valence-corrected chi connectivity index (χ0v) is 12.6. The van der Waals surface area contributed by atoms with Gasteiger partial charge in [-0.05, 0) is 11.8 Å². The van der Waals surface area contributed by atoms with Crippen LogP contribution in [0.3, 0.4) is 0 Å². The molecule has 0 aliphatic heterocycles. The maximum atomic E-state index is 3.99. The lowest BCUT2D eigenvalue weighted by molar-refractivity contribution is 0.325. The third kappa shape index (κ3) is 10.9. The van der Waals surface area contributed by atoms with Crippen molar-refractivity contribution in [3.8, 4) is 0 Å². The van der Waals surface area contributed by atoms with E-state index in [1.807, 2.05) is 0 Å². The van der Waals surface area contributed by atoms with Crippen LogP contribution in [0, 0.1) is 18.8 Å². The topological polar surface area (TPSA) is 0 Å². The maximum absolute atomic E-state index is 3.99. The lowest BCUT2D eigenvalue weighted by atomic mass is 9.86. The highest BCUT2D eigenvalue weighted by molar-refractivity contribution is 4.64.